The Kier molecular flexibility index (Phi) is 7.09. The molecule has 0 saturated carbocycles. The summed E-state index contributed by atoms with van der Waals surface area (Å²) in [6.07, 6.45) is 10.4. The molecule has 0 bridgehead atoms. The maximum absolute atomic E-state index is 5.81. The summed E-state index contributed by atoms with van der Waals surface area (Å²) in [7, 11) is 0. The molecule has 0 spiro atoms. The van der Waals surface area contributed by atoms with Gasteiger partial charge in [-0.05, 0) is 56.1 Å². The third kappa shape index (κ3) is 5.21. The van der Waals surface area contributed by atoms with Crippen molar-refractivity contribution in [3.8, 4) is 0 Å². The van der Waals surface area contributed by atoms with Crippen LogP contribution in [0.3, 0.4) is 0 Å². The third-order valence-electron chi connectivity index (χ3n) is 4.18. The summed E-state index contributed by atoms with van der Waals surface area (Å²) >= 11 is 3.83. The van der Waals surface area contributed by atoms with Crippen LogP contribution in [0.4, 0.5) is 0 Å². The first-order valence-corrected chi connectivity index (χ1v) is 9.05. The number of rotatable bonds is 7. The summed E-state index contributed by atoms with van der Waals surface area (Å²) < 4.78 is 5.81. The van der Waals surface area contributed by atoms with Crippen molar-refractivity contribution in [1.29, 1.82) is 0 Å². The fourth-order valence-electron chi connectivity index (χ4n) is 2.81. The van der Waals surface area contributed by atoms with E-state index < -0.39 is 0 Å². The lowest BCUT2D eigenvalue weighted by Crippen LogP contribution is -2.19. The number of hydrogen-bond donors (Lipinski definition) is 0. The van der Waals surface area contributed by atoms with E-state index in [4.69, 9.17) is 4.74 Å². The average molecular weight is 339 g/mol. The zero-order valence-corrected chi connectivity index (χ0v) is 14.2. The van der Waals surface area contributed by atoms with Crippen molar-refractivity contribution in [2.75, 3.05) is 6.61 Å². The molecule has 112 valence electrons. The van der Waals surface area contributed by atoms with Crippen LogP contribution >= 0.6 is 15.9 Å². The van der Waals surface area contributed by atoms with Gasteiger partial charge in [0.15, 0.2) is 0 Å². The number of alkyl halides is 1. The quantitative estimate of drug-likeness (QED) is 0.569. The smallest absolute Gasteiger partial charge is 0.0575 e. The van der Waals surface area contributed by atoms with Crippen molar-refractivity contribution in [1.82, 2.24) is 0 Å². The highest BCUT2D eigenvalue weighted by Crippen LogP contribution is 2.30. The Labute approximate surface area is 132 Å². The molecule has 0 aromatic heterocycles. The minimum Gasteiger partial charge on any atom is -0.378 e. The van der Waals surface area contributed by atoms with Crippen LogP contribution in [0.1, 0.15) is 67.8 Å². The van der Waals surface area contributed by atoms with Crippen molar-refractivity contribution in [2.45, 2.75) is 69.2 Å². The highest BCUT2D eigenvalue weighted by atomic mass is 79.9. The van der Waals surface area contributed by atoms with Gasteiger partial charge in [-0.1, -0.05) is 53.5 Å². The Morgan fingerprint density at radius 3 is 2.70 bits per heavy atom. The summed E-state index contributed by atoms with van der Waals surface area (Å²) in [4.78, 5) is 0.466. The topological polar surface area (TPSA) is 9.23 Å². The fourth-order valence-corrected chi connectivity index (χ4v) is 3.38. The summed E-state index contributed by atoms with van der Waals surface area (Å²) in [6, 6.07) is 9.14. The van der Waals surface area contributed by atoms with Gasteiger partial charge in [-0.15, -0.1) is 0 Å². The van der Waals surface area contributed by atoms with Crippen LogP contribution in [-0.2, 0) is 11.2 Å². The molecule has 1 aliphatic rings. The Balaban J connectivity index is 1.77. The molecule has 2 rings (SSSR count). The Morgan fingerprint density at radius 1 is 1.25 bits per heavy atom. The number of aryl methyl sites for hydroxylation is 1. The molecule has 2 heteroatoms. The second kappa shape index (κ2) is 8.84. The highest BCUT2D eigenvalue weighted by molar-refractivity contribution is 9.09. The van der Waals surface area contributed by atoms with Crippen LogP contribution in [0.15, 0.2) is 24.3 Å². The fraction of sp³-hybridized carbons (Fsp3) is 0.667. The molecule has 1 saturated heterocycles. The largest absolute Gasteiger partial charge is 0.378 e. The van der Waals surface area contributed by atoms with Crippen LogP contribution in [0, 0.1) is 0 Å². The Bertz CT molecular complexity index is 368. The van der Waals surface area contributed by atoms with Crippen LogP contribution in [-0.4, -0.2) is 12.7 Å². The van der Waals surface area contributed by atoms with E-state index in [0.717, 1.165) is 6.61 Å². The first kappa shape index (κ1) is 16.0. The minimum absolute atomic E-state index is 0.466. The minimum atomic E-state index is 0.466. The van der Waals surface area contributed by atoms with Gasteiger partial charge in [0.1, 0.15) is 0 Å². The molecule has 2 atom stereocenters. The second-order valence-corrected chi connectivity index (χ2v) is 6.98. The zero-order valence-electron chi connectivity index (χ0n) is 12.6. The van der Waals surface area contributed by atoms with Crippen LogP contribution in [0.25, 0.3) is 0 Å². The number of halogens is 1. The molecule has 0 aliphatic carbocycles. The van der Waals surface area contributed by atoms with Gasteiger partial charge in [0, 0.05) is 11.4 Å². The zero-order chi connectivity index (χ0) is 14.2. The van der Waals surface area contributed by atoms with E-state index in [0.29, 0.717) is 10.9 Å². The van der Waals surface area contributed by atoms with Gasteiger partial charge in [0.25, 0.3) is 0 Å². The molecule has 1 aliphatic heterocycles. The lowest BCUT2D eigenvalue weighted by molar-refractivity contribution is 0.0102. The van der Waals surface area contributed by atoms with Gasteiger partial charge in [-0.2, -0.15) is 0 Å². The highest BCUT2D eigenvalue weighted by Gasteiger charge is 2.16. The van der Waals surface area contributed by atoms with E-state index in [1.807, 2.05) is 0 Å². The summed E-state index contributed by atoms with van der Waals surface area (Å²) in [5.74, 6) is 0. The third-order valence-corrected chi connectivity index (χ3v) is 5.16. The van der Waals surface area contributed by atoms with E-state index in [2.05, 4.69) is 47.1 Å². The van der Waals surface area contributed by atoms with Gasteiger partial charge < -0.3 is 4.74 Å². The standard InChI is InChI=1S/C18H27BrO/c1-2-3-6-15-8-10-16(11-9-15)18(19)13-12-17-7-4-5-14-20-17/h8-11,17-18H,2-7,12-14H2,1H3. The lowest BCUT2D eigenvalue weighted by Gasteiger charge is -2.23. The van der Waals surface area contributed by atoms with Crippen LogP contribution < -0.4 is 0 Å². The maximum atomic E-state index is 5.81. The molecule has 1 heterocycles. The van der Waals surface area contributed by atoms with E-state index in [9.17, 15) is 0 Å². The SMILES string of the molecule is CCCCc1ccc(C(Br)CCC2CCCCO2)cc1. The summed E-state index contributed by atoms with van der Waals surface area (Å²) in [5.41, 5.74) is 2.87. The van der Waals surface area contributed by atoms with Crippen molar-refractivity contribution < 1.29 is 4.74 Å². The molecule has 1 aromatic carbocycles. The van der Waals surface area contributed by atoms with Gasteiger partial charge in [-0.25, -0.2) is 0 Å². The molecule has 20 heavy (non-hydrogen) atoms. The first-order chi connectivity index (χ1) is 9.79. The number of benzene rings is 1. The predicted octanol–water partition coefficient (Wildman–Crippen LogP) is 5.81. The van der Waals surface area contributed by atoms with E-state index in [1.54, 1.807) is 0 Å². The van der Waals surface area contributed by atoms with Crippen LogP contribution in [0.5, 0.6) is 0 Å². The van der Waals surface area contributed by atoms with Gasteiger partial charge in [0.2, 0.25) is 0 Å². The first-order valence-electron chi connectivity index (χ1n) is 8.14. The molecule has 1 fully saturated rings. The van der Waals surface area contributed by atoms with Gasteiger partial charge in [-0.3, -0.25) is 0 Å². The summed E-state index contributed by atoms with van der Waals surface area (Å²) in [6.45, 7) is 3.21. The predicted molar refractivity (Wildman–Crippen MR) is 89.5 cm³/mol. The molecule has 0 amide bonds. The van der Waals surface area contributed by atoms with Crippen molar-refractivity contribution in [3.05, 3.63) is 35.4 Å². The average Bonchev–Trinajstić information content (AvgIpc) is 2.52. The molecular weight excluding hydrogens is 312 g/mol. The van der Waals surface area contributed by atoms with Gasteiger partial charge >= 0.3 is 0 Å². The molecule has 0 N–H and O–H groups in total. The lowest BCUT2D eigenvalue weighted by atomic mass is 10.00. The normalized spacial score (nSPS) is 20.8. The van der Waals surface area contributed by atoms with E-state index in [-0.39, 0.29) is 0 Å². The van der Waals surface area contributed by atoms with Crippen molar-refractivity contribution in [3.63, 3.8) is 0 Å². The van der Waals surface area contributed by atoms with E-state index >= 15 is 0 Å². The molecule has 1 nitrogen and oxygen atoms in total. The Hall–Kier alpha value is -0.340. The van der Waals surface area contributed by atoms with E-state index in [1.165, 1.54) is 62.5 Å². The Morgan fingerprint density at radius 2 is 2.05 bits per heavy atom. The molecule has 2 unspecified atom stereocenters. The molecular formula is C18H27BrO. The van der Waals surface area contributed by atoms with Crippen molar-refractivity contribution in [2.24, 2.45) is 0 Å². The molecule has 1 aromatic rings. The summed E-state index contributed by atoms with van der Waals surface area (Å²) in [5, 5.41) is 0. The van der Waals surface area contributed by atoms with Crippen molar-refractivity contribution >= 4 is 15.9 Å². The number of ether oxygens (including phenoxy) is 1. The molecule has 0 radical (unpaired) electrons. The van der Waals surface area contributed by atoms with Crippen LogP contribution in [0.2, 0.25) is 0 Å². The maximum Gasteiger partial charge on any atom is 0.0575 e. The second-order valence-electron chi connectivity index (χ2n) is 5.88. The monoisotopic (exact) mass is 338 g/mol. The van der Waals surface area contributed by atoms with Gasteiger partial charge in [0.05, 0.1) is 6.10 Å². The number of hydrogen-bond acceptors (Lipinski definition) is 1. The number of unbranched alkanes of at least 4 members (excludes halogenated alkanes) is 1.